The molecule has 0 bridgehead atoms. The van der Waals surface area contributed by atoms with Crippen LogP contribution in [0.15, 0.2) is 47.4 Å². The van der Waals surface area contributed by atoms with Crippen molar-refractivity contribution in [2.45, 2.75) is 18.1 Å². The Bertz CT molecular complexity index is 740. The first-order valence-corrected chi connectivity index (χ1v) is 7.61. The molecule has 1 aliphatic rings. The molecule has 2 aromatic rings. The van der Waals surface area contributed by atoms with Crippen molar-refractivity contribution in [3.63, 3.8) is 0 Å². The Morgan fingerprint density at radius 1 is 1.00 bits per heavy atom. The van der Waals surface area contributed by atoms with Gasteiger partial charge in [-0.25, -0.2) is 8.42 Å². The van der Waals surface area contributed by atoms with E-state index in [4.69, 9.17) is 10.5 Å². The third-order valence-electron chi connectivity index (χ3n) is 3.16. The van der Waals surface area contributed by atoms with Crippen LogP contribution >= 0.6 is 0 Å². The molecule has 0 radical (unpaired) electrons. The van der Waals surface area contributed by atoms with Gasteiger partial charge in [-0.2, -0.15) is 0 Å². The Balaban J connectivity index is 1.88. The van der Waals surface area contributed by atoms with E-state index in [9.17, 15) is 8.42 Å². The maximum Gasteiger partial charge on any atom is 0.261 e. The zero-order valence-corrected chi connectivity index (χ0v) is 11.5. The van der Waals surface area contributed by atoms with Gasteiger partial charge in [0.2, 0.25) is 0 Å². The van der Waals surface area contributed by atoms with Crippen molar-refractivity contribution in [3.05, 3.63) is 53.6 Å². The fourth-order valence-corrected chi connectivity index (χ4v) is 3.15. The van der Waals surface area contributed by atoms with E-state index >= 15 is 0 Å². The van der Waals surface area contributed by atoms with Gasteiger partial charge in [0, 0.05) is 11.4 Å². The van der Waals surface area contributed by atoms with Crippen LogP contribution in [-0.2, 0) is 28.0 Å². The number of nitrogen functional groups attached to an aromatic ring is 1. The summed E-state index contributed by atoms with van der Waals surface area (Å²) < 4.78 is 32.3. The first-order chi connectivity index (χ1) is 9.54. The number of hydrogen-bond donors (Lipinski definition) is 2. The third-order valence-corrected chi connectivity index (χ3v) is 4.56. The van der Waals surface area contributed by atoms with Crippen molar-refractivity contribution >= 4 is 21.4 Å². The van der Waals surface area contributed by atoms with E-state index in [2.05, 4.69) is 4.72 Å². The minimum atomic E-state index is -3.59. The predicted octanol–water partition coefficient (Wildman–Crippen LogP) is 2.10. The van der Waals surface area contributed by atoms with E-state index < -0.39 is 10.0 Å². The summed E-state index contributed by atoms with van der Waals surface area (Å²) in [6.07, 6.45) is 0. The number of nitrogens with one attached hydrogen (secondary N) is 1. The van der Waals surface area contributed by atoms with E-state index in [1.807, 2.05) is 6.07 Å². The van der Waals surface area contributed by atoms with Crippen molar-refractivity contribution < 1.29 is 13.2 Å². The lowest BCUT2D eigenvalue weighted by Gasteiger charge is -2.09. The summed E-state index contributed by atoms with van der Waals surface area (Å²) >= 11 is 0. The van der Waals surface area contributed by atoms with Crippen LogP contribution in [0, 0.1) is 0 Å². The molecule has 104 valence electrons. The summed E-state index contributed by atoms with van der Waals surface area (Å²) in [7, 11) is -3.59. The van der Waals surface area contributed by atoms with Crippen LogP contribution < -0.4 is 10.5 Å². The molecule has 6 heteroatoms. The van der Waals surface area contributed by atoms with Crippen molar-refractivity contribution in [3.8, 4) is 0 Å². The van der Waals surface area contributed by atoms with Gasteiger partial charge in [0.25, 0.3) is 10.0 Å². The molecule has 0 aromatic heterocycles. The molecule has 0 amide bonds. The Labute approximate surface area is 117 Å². The molecule has 0 spiro atoms. The zero-order valence-electron chi connectivity index (χ0n) is 10.7. The number of benzene rings is 2. The highest BCUT2D eigenvalue weighted by Crippen LogP contribution is 2.25. The van der Waals surface area contributed by atoms with Gasteiger partial charge in [-0.3, -0.25) is 4.72 Å². The number of ether oxygens (including phenoxy) is 1. The predicted molar refractivity (Wildman–Crippen MR) is 76.6 cm³/mol. The van der Waals surface area contributed by atoms with Crippen molar-refractivity contribution in [1.82, 2.24) is 0 Å². The minimum Gasteiger partial charge on any atom is -0.399 e. The number of nitrogens with two attached hydrogens (primary N) is 1. The van der Waals surface area contributed by atoms with Crippen LogP contribution in [-0.4, -0.2) is 8.42 Å². The van der Waals surface area contributed by atoms with E-state index in [1.165, 1.54) is 12.1 Å². The second kappa shape index (κ2) is 4.81. The maximum absolute atomic E-state index is 12.2. The monoisotopic (exact) mass is 290 g/mol. The standard InChI is InChI=1S/C14H14N2O3S/c15-12-2-5-14(6-3-12)20(17,18)16-13-4-1-10-8-19-9-11(10)7-13/h1-7,16H,8-9,15H2. The number of hydrogen-bond acceptors (Lipinski definition) is 4. The summed E-state index contributed by atoms with van der Waals surface area (Å²) in [5.41, 5.74) is 8.73. The highest BCUT2D eigenvalue weighted by atomic mass is 32.2. The van der Waals surface area contributed by atoms with Gasteiger partial charge in [0.1, 0.15) is 0 Å². The molecular weight excluding hydrogens is 276 g/mol. The number of sulfonamides is 1. The zero-order chi connectivity index (χ0) is 14.2. The number of rotatable bonds is 3. The fraction of sp³-hybridized carbons (Fsp3) is 0.143. The molecule has 0 saturated carbocycles. The van der Waals surface area contributed by atoms with E-state index in [1.54, 1.807) is 24.3 Å². The van der Waals surface area contributed by atoms with Gasteiger partial charge in [-0.05, 0) is 47.5 Å². The number of fused-ring (bicyclic) bond motifs is 1. The van der Waals surface area contributed by atoms with Gasteiger partial charge in [0.05, 0.1) is 18.1 Å². The molecule has 0 aliphatic carbocycles. The molecule has 0 fully saturated rings. The summed E-state index contributed by atoms with van der Waals surface area (Å²) in [5.74, 6) is 0. The quantitative estimate of drug-likeness (QED) is 0.848. The Kier molecular flexibility index (Phi) is 3.11. The average molecular weight is 290 g/mol. The van der Waals surface area contributed by atoms with E-state index in [0.29, 0.717) is 24.6 Å². The largest absolute Gasteiger partial charge is 0.399 e. The van der Waals surface area contributed by atoms with E-state index in [-0.39, 0.29) is 4.90 Å². The van der Waals surface area contributed by atoms with Gasteiger partial charge in [-0.1, -0.05) is 6.07 Å². The van der Waals surface area contributed by atoms with Crippen molar-refractivity contribution in [2.75, 3.05) is 10.5 Å². The Hall–Kier alpha value is -2.05. The van der Waals surface area contributed by atoms with Gasteiger partial charge >= 0.3 is 0 Å². The summed E-state index contributed by atoms with van der Waals surface area (Å²) in [5, 5.41) is 0. The first-order valence-electron chi connectivity index (χ1n) is 6.12. The SMILES string of the molecule is Nc1ccc(S(=O)(=O)Nc2ccc3c(c2)COC3)cc1. The highest BCUT2D eigenvalue weighted by molar-refractivity contribution is 7.92. The van der Waals surface area contributed by atoms with Gasteiger partial charge < -0.3 is 10.5 Å². The fourth-order valence-electron chi connectivity index (χ4n) is 2.10. The van der Waals surface area contributed by atoms with Crippen LogP contribution in [0.5, 0.6) is 0 Å². The molecule has 2 aromatic carbocycles. The first kappa shape index (κ1) is 13.0. The second-order valence-corrected chi connectivity index (χ2v) is 6.33. The molecule has 0 unspecified atom stereocenters. The van der Waals surface area contributed by atoms with Gasteiger partial charge in [0.15, 0.2) is 0 Å². The lowest BCUT2D eigenvalue weighted by atomic mass is 10.1. The van der Waals surface area contributed by atoms with Crippen LogP contribution in [0.1, 0.15) is 11.1 Å². The lowest BCUT2D eigenvalue weighted by Crippen LogP contribution is -2.13. The molecule has 5 nitrogen and oxygen atoms in total. The molecule has 20 heavy (non-hydrogen) atoms. The summed E-state index contributed by atoms with van der Waals surface area (Å²) in [4.78, 5) is 0.184. The van der Waals surface area contributed by atoms with Crippen LogP contribution in [0.3, 0.4) is 0 Å². The molecule has 3 rings (SSSR count). The molecule has 0 saturated heterocycles. The topological polar surface area (TPSA) is 81.4 Å². The van der Waals surface area contributed by atoms with Crippen molar-refractivity contribution in [1.29, 1.82) is 0 Å². The van der Waals surface area contributed by atoms with Crippen LogP contribution in [0.4, 0.5) is 11.4 Å². The molecule has 3 N–H and O–H groups in total. The highest BCUT2D eigenvalue weighted by Gasteiger charge is 2.16. The molecule has 0 atom stereocenters. The van der Waals surface area contributed by atoms with Gasteiger partial charge in [-0.15, -0.1) is 0 Å². The lowest BCUT2D eigenvalue weighted by molar-refractivity contribution is 0.134. The minimum absolute atomic E-state index is 0.184. The average Bonchev–Trinajstić information content (AvgIpc) is 2.86. The van der Waals surface area contributed by atoms with Crippen LogP contribution in [0.2, 0.25) is 0 Å². The number of anilines is 2. The summed E-state index contributed by atoms with van der Waals surface area (Å²) in [6, 6.07) is 11.5. The Morgan fingerprint density at radius 3 is 2.45 bits per heavy atom. The summed E-state index contributed by atoms with van der Waals surface area (Å²) in [6.45, 7) is 1.10. The molecule has 1 aliphatic heterocycles. The molecule has 1 heterocycles. The van der Waals surface area contributed by atoms with Crippen LogP contribution in [0.25, 0.3) is 0 Å². The van der Waals surface area contributed by atoms with Crippen molar-refractivity contribution in [2.24, 2.45) is 0 Å². The normalized spacial score (nSPS) is 14.0. The smallest absolute Gasteiger partial charge is 0.261 e. The molecular formula is C14H14N2O3S. The second-order valence-electron chi connectivity index (χ2n) is 4.65. The Morgan fingerprint density at radius 2 is 1.70 bits per heavy atom. The third kappa shape index (κ3) is 2.48. The van der Waals surface area contributed by atoms with E-state index in [0.717, 1.165) is 11.1 Å². The maximum atomic E-state index is 12.2.